The maximum Gasteiger partial charge on any atom is 0.224 e. The molecule has 2 heterocycles. The zero-order valence-electron chi connectivity index (χ0n) is 10.7. The summed E-state index contributed by atoms with van der Waals surface area (Å²) in [6.07, 6.45) is 4.20. The first-order valence-corrected chi connectivity index (χ1v) is 6.57. The second kappa shape index (κ2) is 6.89. The molecule has 0 spiro atoms. The molecule has 0 saturated heterocycles. The predicted octanol–water partition coefficient (Wildman–Crippen LogP) is 2.61. The molecular weight excluding hydrogens is 262 g/mol. The van der Waals surface area contributed by atoms with Crippen LogP contribution in [0, 0.1) is 0 Å². The Hall–Kier alpha value is -1.88. The number of pyridine rings is 1. The summed E-state index contributed by atoms with van der Waals surface area (Å²) in [5.41, 5.74) is 1.03. The maximum absolute atomic E-state index is 6.05. The van der Waals surface area contributed by atoms with E-state index in [1.807, 2.05) is 25.1 Å². The number of nitrogens with one attached hydrogen (secondary N) is 2. The lowest BCUT2D eigenvalue weighted by atomic mass is 10.3. The number of aromatic nitrogens is 3. The molecule has 0 aliphatic rings. The zero-order chi connectivity index (χ0) is 13.5. The molecule has 0 aromatic carbocycles. The second-order valence-corrected chi connectivity index (χ2v) is 4.33. The summed E-state index contributed by atoms with van der Waals surface area (Å²) >= 11 is 6.05. The Morgan fingerprint density at radius 2 is 2.11 bits per heavy atom. The molecule has 0 aliphatic carbocycles. The maximum atomic E-state index is 6.05. The summed E-state index contributed by atoms with van der Waals surface area (Å²) in [6.45, 7) is 3.49. The number of rotatable bonds is 6. The van der Waals surface area contributed by atoms with Gasteiger partial charge in [-0.1, -0.05) is 17.7 Å². The molecule has 0 fully saturated rings. The van der Waals surface area contributed by atoms with Gasteiger partial charge in [0.05, 0.1) is 6.20 Å². The molecule has 2 rings (SSSR count). The lowest BCUT2D eigenvalue weighted by Gasteiger charge is -2.09. The van der Waals surface area contributed by atoms with E-state index in [2.05, 4.69) is 25.6 Å². The highest BCUT2D eigenvalue weighted by Crippen LogP contribution is 2.19. The Labute approximate surface area is 117 Å². The van der Waals surface area contributed by atoms with Crippen LogP contribution in [0.15, 0.2) is 30.6 Å². The Bertz CT molecular complexity index is 518. The number of halogens is 1. The molecule has 5 nitrogen and oxygen atoms in total. The molecule has 6 heteroatoms. The Kier molecular flexibility index (Phi) is 4.92. The first-order valence-electron chi connectivity index (χ1n) is 6.19. The van der Waals surface area contributed by atoms with Gasteiger partial charge in [0.15, 0.2) is 0 Å². The van der Waals surface area contributed by atoms with Crippen molar-refractivity contribution in [2.45, 2.75) is 13.3 Å². The van der Waals surface area contributed by atoms with Gasteiger partial charge >= 0.3 is 0 Å². The van der Waals surface area contributed by atoms with E-state index in [0.717, 1.165) is 25.2 Å². The van der Waals surface area contributed by atoms with Crippen molar-refractivity contribution in [1.29, 1.82) is 0 Å². The molecule has 2 aromatic heterocycles. The molecular formula is C13H16ClN5. The van der Waals surface area contributed by atoms with E-state index in [1.54, 1.807) is 12.4 Å². The van der Waals surface area contributed by atoms with Crippen LogP contribution in [0.5, 0.6) is 0 Å². The minimum Gasteiger partial charge on any atom is -0.368 e. The van der Waals surface area contributed by atoms with E-state index in [-0.39, 0.29) is 0 Å². The van der Waals surface area contributed by atoms with Crippen molar-refractivity contribution >= 4 is 23.4 Å². The normalized spacial score (nSPS) is 10.2. The fourth-order valence-electron chi connectivity index (χ4n) is 1.59. The van der Waals surface area contributed by atoms with E-state index < -0.39 is 0 Å². The first kappa shape index (κ1) is 13.5. The van der Waals surface area contributed by atoms with Crippen LogP contribution < -0.4 is 10.6 Å². The van der Waals surface area contributed by atoms with Crippen LogP contribution in [0.4, 0.5) is 11.8 Å². The standard InChI is InChI=1S/C13H16ClN5/c1-2-15-13-18-9-11(14)12(19-13)17-8-6-10-5-3-4-7-16-10/h3-5,7,9H,2,6,8H2,1H3,(H2,15,17,18,19). The largest absolute Gasteiger partial charge is 0.368 e. The molecule has 0 radical (unpaired) electrons. The predicted molar refractivity (Wildman–Crippen MR) is 77.6 cm³/mol. The van der Waals surface area contributed by atoms with Gasteiger partial charge in [-0.25, -0.2) is 4.98 Å². The molecule has 0 bridgehead atoms. The van der Waals surface area contributed by atoms with Crippen molar-refractivity contribution in [3.63, 3.8) is 0 Å². The van der Waals surface area contributed by atoms with Gasteiger partial charge in [0, 0.05) is 31.4 Å². The molecule has 2 N–H and O–H groups in total. The summed E-state index contributed by atoms with van der Waals surface area (Å²) in [4.78, 5) is 12.7. The topological polar surface area (TPSA) is 62.7 Å². The lowest BCUT2D eigenvalue weighted by Crippen LogP contribution is -2.10. The Morgan fingerprint density at radius 3 is 2.84 bits per heavy atom. The molecule has 0 atom stereocenters. The summed E-state index contributed by atoms with van der Waals surface area (Å²) in [5, 5.41) is 6.76. The van der Waals surface area contributed by atoms with Gasteiger partial charge < -0.3 is 10.6 Å². The van der Waals surface area contributed by atoms with Crippen LogP contribution in [0.25, 0.3) is 0 Å². The number of hydrogen-bond acceptors (Lipinski definition) is 5. The Balaban J connectivity index is 1.93. The van der Waals surface area contributed by atoms with Crippen LogP contribution in [-0.4, -0.2) is 28.0 Å². The molecule has 2 aromatic rings. The van der Waals surface area contributed by atoms with Crippen molar-refractivity contribution < 1.29 is 0 Å². The van der Waals surface area contributed by atoms with Crippen molar-refractivity contribution in [2.75, 3.05) is 23.7 Å². The lowest BCUT2D eigenvalue weighted by molar-refractivity contribution is 0.950. The van der Waals surface area contributed by atoms with Gasteiger partial charge in [-0.05, 0) is 19.1 Å². The van der Waals surface area contributed by atoms with Crippen molar-refractivity contribution in [3.05, 3.63) is 41.3 Å². The van der Waals surface area contributed by atoms with Gasteiger partial charge in [-0.15, -0.1) is 0 Å². The van der Waals surface area contributed by atoms with Crippen LogP contribution in [0.2, 0.25) is 5.02 Å². The van der Waals surface area contributed by atoms with Crippen molar-refractivity contribution in [1.82, 2.24) is 15.0 Å². The highest BCUT2D eigenvalue weighted by molar-refractivity contribution is 6.32. The van der Waals surface area contributed by atoms with Gasteiger partial charge in [0.1, 0.15) is 10.8 Å². The van der Waals surface area contributed by atoms with Crippen molar-refractivity contribution in [3.8, 4) is 0 Å². The zero-order valence-corrected chi connectivity index (χ0v) is 11.5. The van der Waals surface area contributed by atoms with Crippen LogP contribution in [-0.2, 0) is 6.42 Å². The summed E-state index contributed by atoms with van der Waals surface area (Å²) < 4.78 is 0. The van der Waals surface area contributed by atoms with Crippen molar-refractivity contribution in [2.24, 2.45) is 0 Å². The van der Waals surface area contributed by atoms with E-state index >= 15 is 0 Å². The third-order valence-corrected chi connectivity index (χ3v) is 2.76. The minimum absolute atomic E-state index is 0.516. The average Bonchev–Trinajstić information content (AvgIpc) is 2.44. The third-order valence-electron chi connectivity index (χ3n) is 2.48. The van der Waals surface area contributed by atoms with Crippen LogP contribution >= 0.6 is 11.6 Å². The fraction of sp³-hybridized carbons (Fsp3) is 0.308. The second-order valence-electron chi connectivity index (χ2n) is 3.92. The molecule has 0 unspecified atom stereocenters. The van der Waals surface area contributed by atoms with E-state index in [4.69, 9.17) is 11.6 Å². The van der Waals surface area contributed by atoms with Crippen LogP contribution in [0.1, 0.15) is 12.6 Å². The SMILES string of the molecule is CCNc1ncc(Cl)c(NCCc2ccccn2)n1. The van der Waals surface area contributed by atoms with Gasteiger partial charge in [0.25, 0.3) is 0 Å². The summed E-state index contributed by atoms with van der Waals surface area (Å²) in [7, 11) is 0. The smallest absolute Gasteiger partial charge is 0.224 e. The molecule has 0 aliphatic heterocycles. The summed E-state index contributed by atoms with van der Waals surface area (Å²) in [5.74, 6) is 1.22. The monoisotopic (exact) mass is 277 g/mol. The molecule has 0 amide bonds. The highest BCUT2D eigenvalue weighted by atomic mass is 35.5. The number of nitrogens with zero attached hydrogens (tertiary/aromatic N) is 3. The highest BCUT2D eigenvalue weighted by Gasteiger charge is 2.04. The molecule has 0 saturated carbocycles. The van der Waals surface area contributed by atoms with Gasteiger partial charge in [0.2, 0.25) is 5.95 Å². The summed E-state index contributed by atoms with van der Waals surface area (Å²) in [6, 6.07) is 5.87. The number of hydrogen-bond donors (Lipinski definition) is 2. The average molecular weight is 278 g/mol. The first-order chi connectivity index (χ1) is 9.29. The molecule has 19 heavy (non-hydrogen) atoms. The minimum atomic E-state index is 0.516. The van der Waals surface area contributed by atoms with E-state index in [9.17, 15) is 0 Å². The molecule has 100 valence electrons. The van der Waals surface area contributed by atoms with Gasteiger partial charge in [-0.2, -0.15) is 4.98 Å². The quantitative estimate of drug-likeness (QED) is 0.850. The third kappa shape index (κ3) is 4.06. The number of anilines is 2. The van der Waals surface area contributed by atoms with Crippen LogP contribution in [0.3, 0.4) is 0 Å². The van der Waals surface area contributed by atoms with Gasteiger partial charge in [-0.3, -0.25) is 4.98 Å². The Morgan fingerprint density at radius 1 is 1.21 bits per heavy atom. The fourth-order valence-corrected chi connectivity index (χ4v) is 1.75. The van der Waals surface area contributed by atoms with E-state index in [0.29, 0.717) is 16.8 Å². The van der Waals surface area contributed by atoms with E-state index in [1.165, 1.54) is 0 Å².